The van der Waals surface area contributed by atoms with E-state index in [4.69, 9.17) is 5.11 Å². The Labute approximate surface area is 139 Å². The first kappa shape index (κ1) is 18.2. The molecule has 0 heterocycles. The van der Waals surface area contributed by atoms with Crippen molar-refractivity contribution in [1.82, 2.24) is 10.2 Å². The van der Waals surface area contributed by atoms with Crippen LogP contribution in [0, 0.1) is 11.3 Å². The van der Waals surface area contributed by atoms with E-state index >= 15 is 0 Å². The van der Waals surface area contributed by atoms with E-state index in [9.17, 15) is 9.59 Å². The van der Waals surface area contributed by atoms with Crippen molar-refractivity contribution in [3.63, 3.8) is 0 Å². The standard InChI is InChI=1S/C18H32N2O3/c1-4-20(12-16(21)22)15-9-14(10-15)19-17(23)18(11-13(2)3)7-5-6-8-18/h13-15H,4-12H2,1-3H3,(H,19,23)(H,21,22). The molecular formula is C18H32N2O3. The van der Waals surface area contributed by atoms with Gasteiger partial charge in [-0.3, -0.25) is 14.5 Å². The summed E-state index contributed by atoms with van der Waals surface area (Å²) < 4.78 is 0. The maximum Gasteiger partial charge on any atom is 0.317 e. The molecule has 0 aromatic rings. The summed E-state index contributed by atoms with van der Waals surface area (Å²) in [6.45, 7) is 7.22. The second-order valence-corrected chi connectivity index (χ2v) is 7.84. The van der Waals surface area contributed by atoms with E-state index in [-0.39, 0.29) is 23.9 Å². The monoisotopic (exact) mass is 324 g/mol. The average molecular weight is 324 g/mol. The van der Waals surface area contributed by atoms with Crippen LogP contribution >= 0.6 is 0 Å². The molecule has 2 N–H and O–H groups in total. The number of carboxylic acids is 1. The minimum Gasteiger partial charge on any atom is -0.480 e. The van der Waals surface area contributed by atoms with E-state index in [2.05, 4.69) is 19.2 Å². The average Bonchev–Trinajstić information content (AvgIpc) is 2.88. The van der Waals surface area contributed by atoms with Gasteiger partial charge in [0.25, 0.3) is 0 Å². The van der Waals surface area contributed by atoms with Gasteiger partial charge in [-0.15, -0.1) is 0 Å². The van der Waals surface area contributed by atoms with E-state index in [1.165, 1.54) is 0 Å². The van der Waals surface area contributed by atoms with Crippen LogP contribution in [0.3, 0.4) is 0 Å². The van der Waals surface area contributed by atoms with Crippen LogP contribution in [0.1, 0.15) is 65.7 Å². The Morgan fingerprint density at radius 1 is 1.26 bits per heavy atom. The minimum atomic E-state index is -0.777. The zero-order valence-electron chi connectivity index (χ0n) is 14.8. The van der Waals surface area contributed by atoms with Crippen LogP contribution < -0.4 is 5.32 Å². The van der Waals surface area contributed by atoms with Crippen molar-refractivity contribution in [1.29, 1.82) is 0 Å². The molecule has 2 saturated carbocycles. The molecule has 0 bridgehead atoms. The Kier molecular flexibility index (Phi) is 6.06. The Bertz CT molecular complexity index is 424. The predicted octanol–water partition coefficient (Wildman–Crippen LogP) is 2.65. The van der Waals surface area contributed by atoms with Crippen LogP contribution in [-0.2, 0) is 9.59 Å². The number of nitrogens with zero attached hydrogens (tertiary/aromatic N) is 1. The number of amides is 1. The summed E-state index contributed by atoms with van der Waals surface area (Å²) in [5, 5.41) is 12.2. The van der Waals surface area contributed by atoms with Crippen LogP contribution in [0.5, 0.6) is 0 Å². The maximum atomic E-state index is 12.8. The minimum absolute atomic E-state index is 0.0963. The third-order valence-corrected chi connectivity index (χ3v) is 5.55. The van der Waals surface area contributed by atoms with E-state index in [1.54, 1.807) is 0 Å². The first-order chi connectivity index (χ1) is 10.9. The van der Waals surface area contributed by atoms with Crippen LogP contribution in [0.25, 0.3) is 0 Å². The summed E-state index contributed by atoms with van der Waals surface area (Å²) in [5.74, 6) is 0.00810. The Balaban J connectivity index is 1.84. The Morgan fingerprint density at radius 3 is 2.35 bits per heavy atom. The number of nitrogens with one attached hydrogen (secondary N) is 1. The van der Waals surface area contributed by atoms with Crippen LogP contribution in [0.15, 0.2) is 0 Å². The van der Waals surface area contributed by atoms with Crippen LogP contribution in [0.4, 0.5) is 0 Å². The number of carbonyl (C=O) groups is 2. The van der Waals surface area contributed by atoms with Gasteiger partial charge in [-0.25, -0.2) is 0 Å². The van der Waals surface area contributed by atoms with Gasteiger partial charge in [-0.1, -0.05) is 33.6 Å². The third-order valence-electron chi connectivity index (χ3n) is 5.55. The number of likely N-dealkylation sites (N-methyl/N-ethyl adjacent to an activating group) is 1. The topological polar surface area (TPSA) is 69.6 Å². The molecule has 5 heteroatoms. The molecule has 0 saturated heterocycles. The highest BCUT2D eigenvalue weighted by Crippen LogP contribution is 2.44. The molecule has 2 aliphatic carbocycles. The second kappa shape index (κ2) is 7.65. The summed E-state index contributed by atoms with van der Waals surface area (Å²) in [6, 6.07) is 0.519. The number of rotatable bonds is 8. The van der Waals surface area contributed by atoms with Gasteiger partial charge < -0.3 is 10.4 Å². The van der Waals surface area contributed by atoms with E-state index < -0.39 is 5.97 Å². The highest BCUT2D eigenvalue weighted by Gasteiger charge is 2.43. The molecule has 0 spiro atoms. The van der Waals surface area contributed by atoms with Crippen LogP contribution in [0.2, 0.25) is 0 Å². The van der Waals surface area contributed by atoms with Gasteiger partial charge >= 0.3 is 5.97 Å². The molecule has 2 fully saturated rings. The first-order valence-corrected chi connectivity index (χ1v) is 9.13. The number of hydrogen-bond acceptors (Lipinski definition) is 3. The zero-order chi connectivity index (χ0) is 17.0. The highest BCUT2D eigenvalue weighted by atomic mass is 16.4. The Hall–Kier alpha value is -1.10. The summed E-state index contributed by atoms with van der Waals surface area (Å²) in [4.78, 5) is 25.7. The largest absolute Gasteiger partial charge is 0.480 e. The molecule has 2 rings (SSSR count). The van der Waals surface area contributed by atoms with Crippen molar-refractivity contribution in [3.8, 4) is 0 Å². The smallest absolute Gasteiger partial charge is 0.317 e. The van der Waals surface area contributed by atoms with E-state index in [1.807, 2.05) is 11.8 Å². The normalized spacial score (nSPS) is 26.3. The first-order valence-electron chi connectivity index (χ1n) is 9.13. The lowest BCUT2D eigenvalue weighted by Gasteiger charge is -2.43. The maximum absolute atomic E-state index is 12.8. The molecule has 0 atom stereocenters. The van der Waals surface area contributed by atoms with Gasteiger partial charge in [-0.05, 0) is 44.6 Å². The van der Waals surface area contributed by atoms with Gasteiger partial charge in [0, 0.05) is 17.5 Å². The highest BCUT2D eigenvalue weighted by molar-refractivity contribution is 5.83. The van der Waals surface area contributed by atoms with Gasteiger partial charge in [-0.2, -0.15) is 0 Å². The lowest BCUT2D eigenvalue weighted by molar-refractivity contribution is -0.140. The molecule has 0 aliphatic heterocycles. The second-order valence-electron chi connectivity index (χ2n) is 7.84. The van der Waals surface area contributed by atoms with Gasteiger partial charge in [0.15, 0.2) is 0 Å². The van der Waals surface area contributed by atoms with E-state index in [0.29, 0.717) is 12.0 Å². The number of aliphatic carboxylic acids is 1. The lowest BCUT2D eigenvalue weighted by atomic mass is 9.76. The number of hydrogen-bond donors (Lipinski definition) is 2. The van der Waals surface area contributed by atoms with Crippen molar-refractivity contribution in [2.75, 3.05) is 13.1 Å². The molecule has 2 aliphatic rings. The molecule has 1 amide bonds. The van der Waals surface area contributed by atoms with Crippen molar-refractivity contribution < 1.29 is 14.7 Å². The molecule has 5 nitrogen and oxygen atoms in total. The molecule has 0 radical (unpaired) electrons. The fraction of sp³-hybridized carbons (Fsp3) is 0.889. The molecule has 0 aromatic carbocycles. The summed E-state index contributed by atoms with van der Waals surface area (Å²) >= 11 is 0. The van der Waals surface area contributed by atoms with Gasteiger partial charge in [0.2, 0.25) is 5.91 Å². The van der Waals surface area contributed by atoms with Crippen molar-refractivity contribution in [2.45, 2.75) is 77.8 Å². The molecule has 0 aromatic heterocycles. The van der Waals surface area contributed by atoms with Gasteiger partial charge in [0.05, 0.1) is 6.54 Å². The van der Waals surface area contributed by atoms with Crippen molar-refractivity contribution >= 4 is 11.9 Å². The molecule has 23 heavy (non-hydrogen) atoms. The van der Waals surface area contributed by atoms with Crippen molar-refractivity contribution in [3.05, 3.63) is 0 Å². The Morgan fingerprint density at radius 2 is 1.87 bits per heavy atom. The van der Waals surface area contributed by atoms with Gasteiger partial charge in [0.1, 0.15) is 0 Å². The molecular weight excluding hydrogens is 292 g/mol. The molecule has 0 unspecified atom stereocenters. The van der Waals surface area contributed by atoms with Crippen LogP contribution in [-0.4, -0.2) is 47.1 Å². The zero-order valence-corrected chi connectivity index (χ0v) is 14.8. The quantitative estimate of drug-likeness (QED) is 0.720. The number of carboxylic acid groups (broad SMARTS) is 1. The summed E-state index contributed by atoms with van der Waals surface area (Å²) in [7, 11) is 0. The van der Waals surface area contributed by atoms with E-state index in [0.717, 1.165) is 51.5 Å². The fourth-order valence-corrected chi connectivity index (χ4v) is 4.37. The lowest BCUT2D eigenvalue weighted by Crippen LogP contribution is -2.56. The van der Waals surface area contributed by atoms with Crippen molar-refractivity contribution in [2.24, 2.45) is 11.3 Å². The predicted molar refractivity (Wildman–Crippen MR) is 90.2 cm³/mol. The SMILES string of the molecule is CCN(CC(=O)O)C1CC(NC(=O)C2(CC(C)C)CCCC2)C1. The third kappa shape index (κ3) is 4.46. The summed E-state index contributed by atoms with van der Waals surface area (Å²) in [5.41, 5.74) is -0.148. The number of carbonyl (C=O) groups excluding carboxylic acids is 1. The fourth-order valence-electron chi connectivity index (χ4n) is 4.37. The molecule has 132 valence electrons. The summed E-state index contributed by atoms with van der Waals surface area (Å²) in [6.07, 6.45) is 7.11.